The van der Waals surface area contributed by atoms with Crippen molar-refractivity contribution in [3.63, 3.8) is 0 Å². The van der Waals surface area contributed by atoms with Gasteiger partial charge in [0.25, 0.3) is 11.5 Å². The molecule has 0 radical (unpaired) electrons. The molecule has 1 atom stereocenters. The van der Waals surface area contributed by atoms with Crippen LogP contribution in [0.1, 0.15) is 28.9 Å². The number of nitrogens with zero attached hydrogens (tertiary/aromatic N) is 6. The number of methoxy groups -OCH3 is 1. The Labute approximate surface area is 261 Å². The number of benzene rings is 2. The van der Waals surface area contributed by atoms with Crippen LogP contribution in [0.25, 0.3) is 28.2 Å². The lowest BCUT2D eigenvalue weighted by atomic mass is 9.99. The van der Waals surface area contributed by atoms with E-state index in [1.54, 1.807) is 50.3 Å². The summed E-state index contributed by atoms with van der Waals surface area (Å²) >= 11 is 0. The Morgan fingerprint density at radius 1 is 1.07 bits per heavy atom. The Hall–Kier alpha value is -5.29. The average Bonchev–Trinajstić information content (AvgIpc) is 3.29. The Kier molecular flexibility index (Phi) is 8.43. The van der Waals surface area contributed by atoms with Crippen molar-refractivity contribution in [2.45, 2.75) is 19.8 Å². The van der Waals surface area contributed by atoms with E-state index in [2.05, 4.69) is 20.2 Å². The monoisotopic (exact) mass is 604 g/mol. The number of carbonyl (C=O) groups is 1. The SMILES string of the molecule is COCC1CCCN(c2cc(-c3cnc(N)c(-c4ccc(NC(=O)c5c(C)n(C)n(-c6ccccc6)c5=O)cc4)n3)ccn2)C1. The van der Waals surface area contributed by atoms with Crippen molar-refractivity contribution >= 4 is 23.2 Å². The summed E-state index contributed by atoms with van der Waals surface area (Å²) in [4.78, 5) is 42.7. The van der Waals surface area contributed by atoms with E-state index in [4.69, 9.17) is 15.5 Å². The zero-order chi connectivity index (χ0) is 31.5. The molecule has 3 N–H and O–H groups in total. The number of aromatic nitrogens is 5. The number of rotatable bonds is 8. The minimum atomic E-state index is -0.479. The molecule has 0 saturated carbocycles. The summed E-state index contributed by atoms with van der Waals surface area (Å²) in [6, 6.07) is 20.3. The van der Waals surface area contributed by atoms with Crippen LogP contribution in [-0.2, 0) is 11.8 Å². The fraction of sp³-hybridized carbons (Fsp3) is 0.265. The molecule has 0 spiro atoms. The second-order valence-corrected chi connectivity index (χ2v) is 11.3. The molecule has 1 unspecified atom stereocenters. The lowest BCUT2D eigenvalue weighted by Gasteiger charge is -2.33. The van der Waals surface area contributed by atoms with Gasteiger partial charge in [-0.05, 0) is 62.1 Å². The zero-order valence-electron chi connectivity index (χ0n) is 25.6. The molecule has 2 aromatic carbocycles. The maximum absolute atomic E-state index is 13.3. The smallest absolute Gasteiger partial charge is 0.284 e. The van der Waals surface area contributed by atoms with Crippen molar-refractivity contribution in [2.24, 2.45) is 13.0 Å². The molecule has 11 nitrogen and oxygen atoms in total. The van der Waals surface area contributed by atoms with Gasteiger partial charge in [0.15, 0.2) is 0 Å². The van der Waals surface area contributed by atoms with Crippen LogP contribution >= 0.6 is 0 Å². The Morgan fingerprint density at radius 2 is 1.84 bits per heavy atom. The molecule has 1 amide bonds. The Morgan fingerprint density at radius 3 is 2.60 bits per heavy atom. The number of hydrogen-bond donors (Lipinski definition) is 2. The standard InChI is InChI=1S/C34H36N8O3/c1-22-30(34(44)42(40(22)2)27-9-5-4-6-10-27)33(43)38-26-13-11-24(12-14-26)31-32(35)37-19-28(39-31)25-15-16-36-29(18-25)41-17-7-8-23(20-41)21-45-3/h4-6,9-16,18-19,23H,7-8,17,20-21H2,1-3H3,(H2,35,37)(H,38,43). The minimum absolute atomic E-state index is 0.0868. The first-order valence-corrected chi connectivity index (χ1v) is 14.9. The molecule has 4 heterocycles. The molecule has 11 heteroatoms. The third-order valence-corrected chi connectivity index (χ3v) is 8.28. The predicted octanol–water partition coefficient (Wildman–Crippen LogP) is 4.70. The number of carbonyl (C=O) groups excluding carboxylic acids is 1. The van der Waals surface area contributed by atoms with Crippen LogP contribution in [-0.4, -0.2) is 57.0 Å². The molecule has 1 aliphatic heterocycles. The molecule has 0 aliphatic carbocycles. The van der Waals surface area contributed by atoms with E-state index in [1.165, 1.54) is 4.68 Å². The topological polar surface area (TPSA) is 133 Å². The quantitative estimate of drug-likeness (QED) is 0.260. The van der Waals surface area contributed by atoms with E-state index in [0.717, 1.165) is 49.5 Å². The maximum atomic E-state index is 13.3. The highest BCUT2D eigenvalue weighted by atomic mass is 16.5. The van der Waals surface area contributed by atoms with Crippen LogP contribution in [0.3, 0.4) is 0 Å². The molecule has 3 aromatic heterocycles. The number of nitrogens with two attached hydrogens (primary N) is 1. The van der Waals surface area contributed by atoms with Gasteiger partial charge in [0.2, 0.25) is 0 Å². The summed E-state index contributed by atoms with van der Waals surface area (Å²) in [5.74, 6) is 1.20. The minimum Gasteiger partial charge on any atom is -0.384 e. The van der Waals surface area contributed by atoms with Crippen molar-refractivity contribution < 1.29 is 9.53 Å². The van der Waals surface area contributed by atoms with Gasteiger partial charge in [-0.1, -0.05) is 30.3 Å². The highest BCUT2D eigenvalue weighted by molar-refractivity contribution is 6.05. The van der Waals surface area contributed by atoms with Gasteiger partial charge in [0.05, 0.1) is 29.9 Å². The van der Waals surface area contributed by atoms with Crippen molar-refractivity contribution in [3.05, 3.63) is 101 Å². The number of piperidine rings is 1. The largest absolute Gasteiger partial charge is 0.384 e. The first-order valence-electron chi connectivity index (χ1n) is 14.9. The molecule has 1 aliphatic rings. The lowest BCUT2D eigenvalue weighted by Crippen LogP contribution is -2.37. The fourth-order valence-corrected chi connectivity index (χ4v) is 5.88. The zero-order valence-corrected chi connectivity index (χ0v) is 25.6. The molecular formula is C34H36N8O3. The lowest BCUT2D eigenvalue weighted by molar-refractivity contribution is 0.102. The molecular weight excluding hydrogens is 568 g/mol. The molecule has 45 heavy (non-hydrogen) atoms. The van der Waals surface area contributed by atoms with Crippen molar-refractivity contribution in [2.75, 3.05) is 42.8 Å². The number of hydrogen-bond acceptors (Lipinski definition) is 8. The number of nitrogens with one attached hydrogen (secondary N) is 1. The van der Waals surface area contributed by atoms with Gasteiger partial charge in [0, 0.05) is 50.3 Å². The summed E-state index contributed by atoms with van der Waals surface area (Å²) in [7, 11) is 3.50. The van der Waals surface area contributed by atoms with Gasteiger partial charge in [0.1, 0.15) is 22.9 Å². The van der Waals surface area contributed by atoms with E-state index >= 15 is 0 Å². The van der Waals surface area contributed by atoms with Crippen molar-refractivity contribution in [3.8, 4) is 28.2 Å². The van der Waals surface area contributed by atoms with Gasteiger partial charge in [-0.25, -0.2) is 19.6 Å². The van der Waals surface area contributed by atoms with Gasteiger partial charge in [-0.2, -0.15) is 0 Å². The molecule has 5 aromatic rings. The first-order chi connectivity index (χ1) is 21.8. The first kappa shape index (κ1) is 29.8. The summed E-state index contributed by atoms with van der Waals surface area (Å²) in [6.45, 7) is 4.35. The highest BCUT2D eigenvalue weighted by Crippen LogP contribution is 2.29. The third-order valence-electron chi connectivity index (χ3n) is 8.28. The number of pyridine rings is 1. The van der Waals surface area contributed by atoms with E-state index in [0.29, 0.717) is 40.2 Å². The van der Waals surface area contributed by atoms with Crippen LogP contribution in [0.4, 0.5) is 17.3 Å². The predicted molar refractivity (Wildman–Crippen MR) is 176 cm³/mol. The van der Waals surface area contributed by atoms with E-state index < -0.39 is 5.91 Å². The normalized spacial score (nSPS) is 14.8. The third kappa shape index (κ3) is 6.07. The molecule has 1 saturated heterocycles. The Bertz CT molecular complexity index is 1880. The summed E-state index contributed by atoms with van der Waals surface area (Å²) in [6.07, 6.45) is 5.71. The molecule has 1 fully saturated rings. The van der Waals surface area contributed by atoms with Gasteiger partial charge >= 0.3 is 0 Å². The molecule has 230 valence electrons. The van der Waals surface area contributed by atoms with Crippen LogP contribution in [0.5, 0.6) is 0 Å². The fourth-order valence-electron chi connectivity index (χ4n) is 5.88. The second-order valence-electron chi connectivity index (χ2n) is 11.3. The second kappa shape index (κ2) is 12.7. The number of amides is 1. The van der Waals surface area contributed by atoms with Crippen molar-refractivity contribution in [1.82, 2.24) is 24.3 Å². The van der Waals surface area contributed by atoms with E-state index in [1.807, 2.05) is 54.6 Å². The summed E-state index contributed by atoms with van der Waals surface area (Å²) < 4.78 is 8.55. The number of para-hydroxylation sites is 1. The maximum Gasteiger partial charge on any atom is 0.284 e. The van der Waals surface area contributed by atoms with Crippen molar-refractivity contribution in [1.29, 1.82) is 0 Å². The van der Waals surface area contributed by atoms with Crippen LogP contribution in [0, 0.1) is 12.8 Å². The number of ether oxygens (including phenoxy) is 1. The van der Waals surface area contributed by atoms with Crippen LogP contribution < -0.4 is 21.5 Å². The number of anilines is 3. The van der Waals surface area contributed by atoms with Gasteiger partial charge < -0.3 is 20.7 Å². The van der Waals surface area contributed by atoms with Gasteiger partial charge in [-0.15, -0.1) is 0 Å². The summed E-state index contributed by atoms with van der Waals surface area (Å²) in [5, 5.41) is 2.86. The summed E-state index contributed by atoms with van der Waals surface area (Å²) in [5.41, 5.74) is 10.6. The average molecular weight is 605 g/mol. The number of nitrogen functional groups attached to an aromatic ring is 1. The molecule has 0 bridgehead atoms. The van der Waals surface area contributed by atoms with Crippen LogP contribution in [0.15, 0.2) is 83.9 Å². The molecule has 6 rings (SSSR count). The van der Waals surface area contributed by atoms with Gasteiger partial charge in [-0.3, -0.25) is 14.3 Å². The highest BCUT2D eigenvalue weighted by Gasteiger charge is 2.23. The van der Waals surface area contributed by atoms with E-state index in [9.17, 15) is 9.59 Å². The Balaban J connectivity index is 1.21. The van der Waals surface area contributed by atoms with Crippen LogP contribution in [0.2, 0.25) is 0 Å². The van der Waals surface area contributed by atoms with E-state index in [-0.39, 0.29) is 11.1 Å².